The molecule has 2 amide bonds. The van der Waals surface area contributed by atoms with Crippen LogP contribution in [0.2, 0.25) is 5.02 Å². The van der Waals surface area contributed by atoms with Crippen LogP contribution in [0.15, 0.2) is 48.5 Å². The third-order valence-electron chi connectivity index (χ3n) is 4.80. The van der Waals surface area contributed by atoms with Crippen molar-refractivity contribution in [1.29, 1.82) is 0 Å². The van der Waals surface area contributed by atoms with E-state index in [1.807, 2.05) is 24.0 Å². The van der Waals surface area contributed by atoms with E-state index in [1.165, 1.54) is 0 Å². The molecule has 1 fully saturated rings. The van der Waals surface area contributed by atoms with Gasteiger partial charge in [-0.2, -0.15) is 0 Å². The van der Waals surface area contributed by atoms with Gasteiger partial charge in [-0.1, -0.05) is 23.7 Å². The van der Waals surface area contributed by atoms with Gasteiger partial charge >= 0.3 is 0 Å². The van der Waals surface area contributed by atoms with Gasteiger partial charge in [0.2, 0.25) is 11.8 Å². The number of halogens is 1. The first-order chi connectivity index (χ1) is 14.0. The van der Waals surface area contributed by atoms with Gasteiger partial charge in [-0.05, 0) is 62.7 Å². The van der Waals surface area contributed by atoms with Gasteiger partial charge in [0.1, 0.15) is 11.5 Å². The van der Waals surface area contributed by atoms with E-state index in [1.54, 1.807) is 36.4 Å². The molecule has 3 rings (SSSR count). The summed E-state index contributed by atoms with van der Waals surface area (Å²) >= 11 is 6.10. The molecule has 0 saturated carbocycles. The zero-order valence-electron chi connectivity index (χ0n) is 16.5. The maximum absolute atomic E-state index is 12.4. The summed E-state index contributed by atoms with van der Waals surface area (Å²) < 4.78 is 5.75. The molecular formula is C22H26ClN3O3. The highest BCUT2D eigenvalue weighted by atomic mass is 35.5. The molecule has 0 spiro atoms. The number of ether oxygens (including phenoxy) is 1. The average Bonchev–Trinajstić information content (AvgIpc) is 2.71. The molecule has 6 nitrogen and oxygen atoms in total. The summed E-state index contributed by atoms with van der Waals surface area (Å²) in [5, 5.41) is 6.31. The lowest BCUT2D eigenvalue weighted by atomic mass is 9.97. The van der Waals surface area contributed by atoms with Crippen molar-refractivity contribution in [1.82, 2.24) is 10.2 Å². The highest BCUT2D eigenvalue weighted by Gasteiger charge is 2.26. The lowest BCUT2D eigenvalue weighted by Gasteiger charge is -2.31. The van der Waals surface area contributed by atoms with Crippen LogP contribution in [-0.2, 0) is 9.59 Å². The first-order valence-corrected chi connectivity index (χ1v) is 10.3. The number of benzene rings is 2. The molecule has 0 radical (unpaired) electrons. The summed E-state index contributed by atoms with van der Waals surface area (Å²) in [4.78, 5) is 26.5. The van der Waals surface area contributed by atoms with Crippen LogP contribution in [0.1, 0.15) is 19.8 Å². The molecule has 1 heterocycles. The van der Waals surface area contributed by atoms with Gasteiger partial charge in [-0.3, -0.25) is 14.5 Å². The Morgan fingerprint density at radius 1 is 1.17 bits per heavy atom. The number of anilines is 1. The second-order valence-electron chi connectivity index (χ2n) is 7.07. The normalized spacial score (nSPS) is 16.8. The summed E-state index contributed by atoms with van der Waals surface area (Å²) in [5.41, 5.74) is 0.693. The summed E-state index contributed by atoms with van der Waals surface area (Å²) in [6.45, 7) is 4.26. The van der Waals surface area contributed by atoms with E-state index in [9.17, 15) is 9.59 Å². The highest BCUT2D eigenvalue weighted by molar-refractivity contribution is 6.32. The van der Waals surface area contributed by atoms with E-state index in [0.717, 1.165) is 19.4 Å². The summed E-state index contributed by atoms with van der Waals surface area (Å²) in [5.74, 6) is 1.15. The highest BCUT2D eigenvalue weighted by Crippen LogP contribution is 2.29. The van der Waals surface area contributed by atoms with E-state index in [-0.39, 0.29) is 24.3 Å². The summed E-state index contributed by atoms with van der Waals surface area (Å²) in [6, 6.07) is 14.4. The number of carbonyl (C=O) groups is 2. The monoisotopic (exact) mass is 415 g/mol. The zero-order chi connectivity index (χ0) is 20.6. The minimum atomic E-state index is -0.0960. The molecule has 7 heteroatoms. The van der Waals surface area contributed by atoms with Gasteiger partial charge in [0.05, 0.1) is 17.5 Å². The standard InChI is InChI=1S/C22H26ClN3O3/c1-2-24-22(28)16-6-5-13-26(14-16)15-21(27)25-17-9-11-18(12-10-17)29-20-8-4-3-7-19(20)23/h3-4,7-12,16H,2,5-6,13-15H2,1H3,(H,24,28)(H,25,27). The molecule has 2 aromatic rings. The van der Waals surface area contributed by atoms with Crippen LogP contribution < -0.4 is 15.4 Å². The van der Waals surface area contributed by atoms with Crippen LogP contribution in [-0.4, -0.2) is 42.9 Å². The van der Waals surface area contributed by atoms with Crippen LogP contribution in [0.3, 0.4) is 0 Å². The maximum atomic E-state index is 12.4. The number of rotatable bonds is 7. The number of nitrogens with zero attached hydrogens (tertiary/aromatic N) is 1. The van der Waals surface area contributed by atoms with Crippen LogP contribution in [0.4, 0.5) is 5.69 Å². The smallest absolute Gasteiger partial charge is 0.238 e. The van der Waals surface area contributed by atoms with Crippen LogP contribution in [0.5, 0.6) is 11.5 Å². The fourth-order valence-electron chi connectivity index (χ4n) is 3.40. The molecule has 1 saturated heterocycles. The molecule has 2 aromatic carbocycles. The van der Waals surface area contributed by atoms with Gasteiger partial charge in [0.25, 0.3) is 0 Å². The largest absolute Gasteiger partial charge is 0.456 e. The summed E-state index contributed by atoms with van der Waals surface area (Å²) in [7, 11) is 0. The molecular weight excluding hydrogens is 390 g/mol. The second-order valence-corrected chi connectivity index (χ2v) is 7.48. The van der Waals surface area contributed by atoms with Crippen LogP contribution in [0, 0.1) is 5.92 Å². The fraction of sp³-hybridized carbons (Fsp3) is 0.364. The Labute approximate surface area is 176 Å². The van der Waals surface area contributed by atoms with Crippen molar-refractivity contribution < 1.29 is 14.3 Å². The Hall–Kier alpha value is -2.57. The van der Waals surface area contributed by atoms with E-state index >= 15 is 0 Å². The van der Waals surface area contributed by atoms with Gasteiger partial charge < -0.3 is 15.4 Å². The molecule has 1 aliphatic heterocycles. The summed E-state index contributed by atoms with van der Waals surface area (Å²) in [6.07, 6.45) is 1.79. The predicted molar refractivity (Wildman–Crippen MR) is 114 cm³/mol. The van der Waals surface area contributed by atoms with E-state index in [2.05, 4.69) is 10.6 Å². The van der Waals surface area contributed by atoms with Crippen molar-refractivity contribution in [3.05, 3.63) is 53.6 Å². The van der Waals surface area contributed by atoms with Crippen molar-refractivity contribution >= 4 is 29.1 Å². The van der Waals surface area contributed by atoms with Crippen molar-refractivity contribution in [3.63, 3.8) is 0 Å². The molecule has 1 atom stereocenters. The van der Waals surface area contributed by atoms with Crippen LogP contribution >= 0.6 is 11.6 Å². The second kappa shape index (κ2) is 10.3. The average molecular weight is 416 g/mol. The number of amides is 2. The van der Waals surface area contributed by atoms with Crippen molar-refractivity contribution in [3.8, 4) is 11.5 Å². The molecule has 0 bridgehead atoms. The Kier molecular flexibility index (Phi) is 7.49. The fourth-order valence-corrected chi connectivity index (χ4v) is 3.57. The lowest BCUT2D eigenvalue weighted by Crippen LogP contribution is -2.45. The van der Waals surface area contributed by atoms with E-state index < -0.39 is 0 Å². The Bertz CT molecular complexity index is 841. The predicted octanol–water partition coefficient (Wildman–Crippen LogP) is 3.92. The Morgan fingerprint density at radius 2 is 1.93 bits per heavy atom. The van der Waals surface area contributed by atoms with Gasteiger partial charge in [0.15, 0.2) is 0 Å². The third kappa shape index (κ3) is 6.21. The number of hydrogen-bond donors (Lipinski definition) is 2. The van der Waals surface area contributed by atoms with Crippen LogP contribution in [0.25, 0.3) is 0 Å². The number of piperidine rings is 1. The van der Waals surface area contributed by atoms with Crippen molar-refractivity contribution in [2.45, 2.75) is 19.8 Å². The SMILES string of the molecule is CCNC(=O)C1CCCN(CC(=O)Nc2ccc(Oc3ccccc3Cl)cc2)C1. The van der Waals surface area contributed by atoms with E-state index in [4.69, 9.17) is 16.3 Å². The van der Waals surface area contributed by atoms with E-state index in [0.29, 0.717) is 35.3 Å². The molecule has 2 N–H and O–H groups in total. The minimum absolute atomic E-state index is 0.0438. The van der Waals surface area contributed by atoms with Crippen molar-refractivity contribution in [2.75, 3.05) is 31.5 Å². The van der Waals surface area contributed by atoms with Gasteiger partial charge in [-0.15, -0.1) is 0 Å². The molecule has 0 aliphatic carbocycles. The minimum Gasteiger partial charge on any atom is -0.456 e. The zero-order valence-corrected chi connectivity index (χ0v) is 17.2. The Balaban J connectivity index is 1.50. The number of para-hydroxylation sites is 1. The molecule has 0 aromatic heterocycles. The third-order valence-corrected chi connectivity index (χ3v) is 5.11. The van der Waals surface area contributed by atoms with Crippen molar-refractivity contribution in [2.24, 2.45) is 5.92 Å². The maximum Gasteiger partial charge on any atom is 0.238 e. The quantitative estimate of drug-likeness (QED) is 0.719. The Morgan fingerprint density at radius 3 is 2.66 bits per heavy atom. The number of hydrogen-bond acceptors (Lipinski definition) is 4. The molecule has 29 heavy (non-hydrogen) atoms. The number of likely N-dealkylation sites (tertiary alicyclic amines) is 1. The number of nitrogens with one attached hydrogen (secondary N) is 2. The molecule has 1 unspecified atom stereocenters. The lowest BCUT2D eigenvalue weighted by molar-refractivity contribution is -0.127. The first kappa shape index (κ1) is 21.1. The molecule has 154 valence electrons. The topological polar surface area (TPSA) is 70.7 Å². The van der Waals surface area contributed by atoms with Gasteiger partial charge in [-0.25, -0.2) is 0 Å². The van der Waals surface area contributed by atoms with Gasteiger partial charge in [0, 0.05) is 18.8 Å². The number of carbonyl (C=O) groups excluding carboxylic acids is 2. The first-order valence-electron chi connectivity index (χ1n) is 9.87. The molecule has 1 aliphatic rings.